The molecule has 0 amide bonds. The van der Waals surface area contributed by atoms with Crippen LogP contribution in [0.25, 0.3) is 4.13 Å². The number of halogens is 19. The first-order valence-corrected chi connectivity index (χ1v) is 12.1. The van der Waals surface area contributed by atoms with E-state index in [9.17, 15) is 100 Å². The molecule has 0 unspecified atom stereocenters. The lowest BCUT2D eigenvalue weighted by molar-refractivity contribution is -0.671. The van der Waals surface area contributed by atoms with Gasteiger partial charge in [-0.2, -0.15) is 83.4 Å². The minimum Gasteiger partial charge on any atom is -0.421 e. The van der Waals surface area contributed by atoms with Crippen LogP contribution >= 0.6 is 0 Å². The second kappa shape index (κ2) is 11.3. The lowest BCUT2D eigenvalue weighted by atomic mass is 9.73. The highest BCUT2D eigenvalue weighted by atomic mass is 32.3. The Kier molecular flexibility index (Phi) is 10.7. The van der Waals surface area contributed by atoms with Crippen molar-refractivity contribution in [3.05, 3.63) is 22.8 Å². The van der Waals surface area contributed by atoms with Crippen LogP contribution < -0.4 is 4.57 Å². The van der Waals surface area contributed by atoms with Crippen molar-refractivity contribution in [2.45, 2.75) is 54.4 Å². The maximum atomic E-state index is 13.8. The quantitative estimate of drug-likeness (QED) is 0.268. The number of hydrogen-bond donors (Lipinski definition) is 0. The summed E-state index contributed by atoms with van der Waals surface area (Å²) in [5, 5.41) is 0. The molecule has 1 heterocycles. The second-order valence-corrected chi connectivity index (χ2v) is 11.0. The zero-order chi connectivity index (χ0) is 34.4. The van der Waals surface area contributed by atoms with Gasteiger partial charge in [-0.3, -0.25) is 0 Å². The largest absolute Gasteiger partial charge is 0.480 e. The first-order chi connectivity index (χ1) is 17.9. The minimum absolute atomic E-state index is 0.494. The normalized spacial score (nSPS) is 15.3. The van der Waals surface area contributed by atoms with Crippen molar-refractivity contribution >= 4 is 20.0 Å². The molecular weight excluding hydrogens is 699 g/mol. The average molecular weight is 709 g/mol. The van der Waals surface area contributed by atoms with Gasteiger partial charge in [-0.15, -0.1) is 0 Å². The summed E-state index contributed by atoms with van der Waals surface area (Å²) in [6.07, 6.45) is -21.8. The molecule has 250 valence electrons. The fourth-order valence-electron chi connectivity index (χ4n) is 2.55. The van der Waals surface area contributed by atoms with E-state index in [1.807, 2.05) is 0 Å². The SMILES string of the molecule is C[n+]1ccn(CCC(C(F)(F)F)(C(F)(F)F)C(F)(F)C(F)(F)C(F)(F)F)c1.O=S(=O)([N-]S(=O)(=O)C(F)(F)F)C(F)(F)F. The molecule has 0 radical (unpaired) electrons. The highest BCUT2D eigenvalue weighted by Gasteiger charge is 2.91. The molecule has 0 aliphatic heterocycles. The van der Waals surface area contributed by atoms with Crippen molar-refractivity contribution < 1.29 is 105 Å². The maximum absolute atomic E-state index is 13.8. The minimum atomic E-state index is -7.60. The average Bonchev–Trinajstić information content (AvgIpc) is 3.08. The summed E-state index contributed by atoms with van der Waals surface area (Å²) in [6.45, 7) is -1.57. The monoisotopic (exact) mass is 709 g/mol. The fraction of sp³-hybridized carbons (Fsp3) is 0.786. The summed E-state index contributed by atoms with van der Waals surface area (Å²) in [4.78, 5) is 0. The van der Waals surface area contributed by atoms with Crippen molar-refractivity contribution in [3.63, 3.8) is 0 Å². The Morgan fingerprint density at radius 1 is 0.619 bits per heavy atom. The van der Waals surface area contributed by atoms with Gasteiger partial charge in [-0.1, -0.05) is 0 Å². The first-order valence-electron chi connectivity index (χ1n) is 9.26. The third-order valence-corrected chi connectivity index (χ3v) is 7.34. The molecule has 0 saturated carbocycles. The van der Waals surface area contributed by atoms with Gasteiger partial charge in [0.25, 0.3) is 0 Å². The zero-order valence-electron chi connectivity index (χ0n) is 19.1. The van der Waals surface area contributed by atoms with Gasteiger partial charge in [0.1, 0.15) is 12.4 Å². The Bertz CT molecular complexity index is 1230. The van der Waals surface area contributed by atoms with Crippen molar-refractivity contribution in [1.82, 2.24) is 4.57 Å². The highest BCUT2D eigenvalue weighted by molar-refractivity contribution is 8.13. The topological polar surface area (TPSA) is 91.2 Å². The summed E-state index contributed by atoms with van der Waals surface area (Å²) in [6, 6.07) is 0. The van der Waals surface area contributed by atoms with E-state index in [2.05, 4.69) is 0 Å². The van der Waals surface area contributed by atoms with Crippen molar-refractivity contribution in [2.75, 3.05) is 0 Å². The zero-order valence-corrected chi connectivity index (χ0v) is 20.8. The van der Waals surface area contributed by atoms with E-state index >= 15 is 0 Å². The molecule has 7 nitrogen and oxygen atoms in total. The Hall–Kier alpha value is -2.26. The van der Waals surface area contributed by atoms with Crippen LogP contribution in [0.1, 0.15) is 6.42 Å². The summed E-state index contributed by atoms with van der Waals surface area (Å²) in [5.74, 6) is -15.2. The van der Waals surface area contributed by atoms with Crippen LogP contribution in [-0.2, 0) is 33.6 Å². The lowest BCUT2D eigenvalue weighted by Crippen LogP contribution is -2.70. The molecular formula is C14H10F19N3O4S2. The summed E-state index contributed by atoms with van der Waals surface area (Å²) in [5.41, 5.74) is -19.1. The van der Waals surface area contributed by atoms with Crippen molar-refractivity contribution in [1.29, 1.82) is 0 Å². The van der Waals surface area contributed by atoms with E-state index in [0.717, 1.165) is 27.4 Å². The first kappa shape index (κ1) is 39.7. The molecule has 28 heteroatoms. The molecule has 0 atom stereocenters. The van der Waals surface area contributed by atoms with Crippen LogP contribution in [0.2, 0.25) is 0 Å². The Labute approximate surface area is 220 Å². The van der Waals surface area contributed by atoms with Crippen LogP contribution in [0.15, 0.2) is 18.7 Å². The van der Waals surface area contributed by atoms with Crippen LogP contribution in [0, 0.1) is 5.41 Å². The van der Waals surface area contributed by atoms with E-state index in [0.29, 0.717) is 4.57 Å². The Morgan fingerprint density at radius 2 is 0.976 bits per heavy atom. The second-order valence-electron chi connectivity index (χ2n) is 7.53. The number of rotatable bonds is 7. The molecule has 0 spiro atoms. The Balaban J connectivity index is 0.000000951. The molecule has 0 N–H and O–H groups in total. The van der Waals surface area contributed by atoms with Crippen LogP contribution in [0.4, 0.5) is 83.4 Å². The van der Waals surface area contributed by atoms with Gasteiger partial charge in [0.2, 0.25) is 11.7 Å². The summed E-state index contributed by atoms with van der Waals surface area (Å²) in [7, 11) is -12.2. The molecule has 1 aromatic rings. The van der Waals surface area contributed by atoms with Crippen molar-refractivity contribution in [3.8, 4) is 0 Å². The van der Waals surface area contributed by atoms with Gasteiger partial charge in [-0.25, -0.2) is 26.0 Å². The molecule has 0 bridgehead atoms. The molecule has 1 aromatic heterocycles. The number of imidazole rings is 1. The van der Waals surface area contributed by atoms with Gasteiger partial charge in [0, 0.05) is 6.42 Å². The van der Waals surface area contributed by atoms with E-state index in [4.69, 9.17) is 0 Å². The van der Waals surface area contributed by atoms with Gasteiger partial charge in [-0.05, 0) is 0 Å². The molecule has 42 heavy (non-hydrogen) atoms. The van der Waals surface area contributed by atoms with E-state index in [1.165, 1.54) is 7.05 Å². The van der Waals surface area contributed by atoms with Crippen molar-refractivity contribution in [2.24, 2.45) is 12.5 Å². The third kappa shape index (κ3) is 7.62. The van der Waals surface area contributed by atoms with Gasteiger partial charge in [0.15, 0.2) is 20.0 Å². The lowest BCUT2D eigenvalue weighted by Gasteiger charge is -2.45. The van der Waals surface area contributed by atoms with Crippen LogP contribution in [0.5, 0.6) is 0 Å². The van der Waals surface area contributed by atoms with Gasteiger partial charge in [0.05, 0.1) is 13.6 Å². The summed E-state index contributed by atoms with van der Waals surface area (Å²) >= 11 is 0. The third-order valence-electron chi connectivity index (χ3n) is 4.60. The predicted molar refractivity (Wildman–Crippen MR) is 94.0 cm³/mol. The number of aryl methyl sites for hydroxylation is 2. The molecule has 0 aliphatic rings. The fourth-order valence-corrected chi connectivity index (χ4v) is 4.26. The predicted octanol–water partition coefficient (Wildman–Crippen LogP) is 5.71. The number of hydrogen-bond acceptors (Lipinski definition) is 4. The number of sulfonamides is 2. The van der Waals surface area contributed by atoms with Crippen LogP contribution in [-0.4, -0.2) is 62.8 Å². The van der Waals surface area contributed by atoms with Gasteiger partial charge < -0.3 is 4.13 Å². The molecule has 0 saturated heterocycles. The van der Waals surface area contributed by atoms with E-state index < -0.39 is 79.8 Å². The molecule has 0 aliphatic carbocycles. The molecule has 1 rings (SSSR count). The highest BCUT2D eigenvalue weighted by Crippen LogP contribution is 2.66. The number of aromatic nitrogens is 2. The standard InChI is InChI=1S/C12H10F13N2.C2F6NO4S2/c1-26-4-5-27(6-26)3-2-7(10(17,18)19,11(20,21)22)8(13,14)9(15,16)12(23,24)25;3-1(4,5)14(10,11)9-15(12,13)2(6,7)8/h4-6H,2-3H2,1H3;/q+1;-1. The maximum Gasteiger partial charge on any atom is 0.480 e. The summed E-state index contributed by atoms with van der Waals surface area (Å²) < 4.78 is 280. The molecule has 0 aromatic carbocycles. The Morgan fingerprint density at radius 3 is 1.21 bits per heavy atom. The van der Waals surface area contributed by atoms with Crippen LogP contribution in [0.3, 0.4) is 0 Å². The smallest absolute Gasteiger partial charge is 0.421 e. The van der Waals surface area contributed by atoms with Gasteiger partial charge >= 0.3 is 41.4 Å². The van der Waals surface area contributed by atoms with E-state index in [1.54, 1.807) is 0 Å². The number of alkyl halides is 19. The van der Waals surface area contributed by atoms with E-state index in [-0.39, 0.29) is 0 Å². The molecule has 0 fully saturated rings. The number of nitrogens with zero attached hydrogens (tertiary/aromatic N) is 3.